The highest BCUT2D eigenvalue weighted by atomic mass is 79.9. The summed E-state index contributed by atoms with van der Waals surface area (Å²) in [6, 6.07) is 4.18. The van der Waals surface area contributed by atoms with Gasteiger partial charge in [0.25, 0.3) is 0 Å². The third-order valence-corrected chi connectivity index (χ3v) is 4.08. The zero-order chi connectivity index (χ0) is 13.0. The Morgan fingerprint density at radius 3 is 2.94 bits per heavy atom. The second kappa shape index (κ2) is 6.12. The van der Waals surface area contributed by atoms with Crippen LogP contribution in [0.25, 0.3) is 0 Å². The molecule has 0 saturated heterocycles. The van der Waals surface area contributed by atoms with Crippen LogP contribution in [-0.4, -0.2) is 16.5 Å². The van der Waals surface area contributed by atoms with E-state index in [1.54, 1.807) is 17.5 Å². The summed E-state index contributed by atoms with van der Waals surface area (Å²) in [5.41, 5.74) is 3.44. The molecule has 2 rings (SSSR count). The van der Waals surface area contributed by atoms with Crippen molar-refractivity contribution in [3.63, 3.8) is 0 Å². The van der Waals surface area contributed by atoms with Crippen LogP contribution in [0.15, 0.2) is 22.1 Å². The van der Waals surface area contributed by atoms with Gasteiger partial charge in [-0.1, -0.05) is 0 Å². The van der Waals surface area contributed by atoms with Crippen LogP contribution in [-0.2, 0) is 6.42 Å². The van der Waals surface area contributed by atoms with E-state index in [-0.39, 0.29) is 0 Å². The number of nitrogen functional groups attached to an aromatic ring is 1. The number of anilines is 2. The predicted molar refractivity (Wildman–Crippen MR) is 78.8 cm³/mol. The fourth-order valence-corrected chi connectivity index (χ4v) is 2.96. The lowest BCUT2D eigenvalue weighted by Gasteiger charge is -2.08. The molecule has 0 aliphatic carbocycles. The standard InChI is InChI=1S/C11H14BrN5S/c1-7-6-15-11(17-13)16-10(7)14-5-4-8-2-3-9(12)18-8/h2-3,6H,4-5,13H2,1H3,(H2,14,15,16,17). The molecule has 0 fully saturated rings. The zero-order valence-corrected chi connectivity index (χ0v) is 12.3. The van der Waals surface area contributed by atoms with Gasteiger partial charge in [0.1, 0.15) is 5.82 Å². The highest BCUT2D eigenvalue weighted by molar-refractivity contribution is 9.11. The van der Waals surface area contributed by atoms with Crippen molar-refractivity contribution >= 4 is 39.0 Å². The molecule has 0 radical (unpaired) electrons. The third-order valence-electron chi connectivity index (χ3n) is 2.39. The van der Waals surface area contributed by atoms with E-state index in [1.165, 1.54) is 4.88 Å². The maximum atomic E-state index is 5.28. The molecule has 7 heteroatoms. The lowest BCUT2D eigenvalue weighted by atomic mass is 10.3. The number of hydrogen-bond donors (Lipinski definition) is 3. The van der Waals surface area contributed by atoms with E-state index in [2.05, 4.69) is 48.8 Å². The summed E-state index contributed by atoms with van der Waals surface area (Å²) in [6.07, 6.45) is 2.71. The predicted octanol–water partition coefficient (Wildman–Crippen LogP) is 2.55. The van der Waals surface area contributed by atoms with Crippen molar-refractivity contribution in [3.05, 3.63) is 32.6 Å². The zero-order valence-electron chi connectivity index (χ0n) is 9.90. The highest BCUT2D eigenvalue weighted by Crippen LogP contribution is 2.22. The first kappa shape index (κ1) is 13.3. The molecule has 0 atom stereocenters. The van der Waals surface area contributed by atoms with Crippen LogP contribution in [0.1, 0.15) is 10.4 Å². The average molecular weight is 328 g/mol. The number of aryl methyl sites for hydroxylation is 1. The summed E-state index contributed by atoms with van der Waals surface area (Å²) in [5, 5.41) is 3.29. The number of halogens is 1. The van der Waals surface area contributed by atoms with Crippen molar-refractivity contribution in [2.24, 2.45) is 5.84 Å². The summed E-state index contributed by atoms with van der Waals surface area (Å²) in [7, 11) is 0. The normalized spacial score (nSPS) is 10.4. The molecule has 0 aliphatic rings. The van der Waals surface area contributed by atoms with Gasteiger partial charge in [0.05, 0.1) is 3.79 Å². The lowest BCUT2D eigenvalue weighted by molar-refractivity contribution is 1.00. The smallest absolute Gasteiger partial charge is 0.239 e. The van der Waals surface area contributed by atoms with Crippen LogP contribution in [0.4, 0.5) is 11.8 Å². The fourth-order valence-electron chi connectivity index (χ4n) is 1.48. The minimum absolute atomic E-state index is 0.418. The van der Waals surface area contributed by atoms with Gasteiger partial charge in [-0.2, -0.15) is 4.98 Å². The Bertz CT molecular complexity index is 528. The van der Waals surface area contributed by atoms with E-state index in [0.29, 0.717) is 5.95 Å². The van der Waals surface area contributed by atoms with Crippen LogP contribution >= 0.6 is 27.3 Å². The molecule has 2 heterocycles. The summed E-state index contributed by atoms with van der Waals surface area (Å²) in [5.74, 6) is 6.52. The van der Waals surface area contributed by atoms with Crippen LogP contribution in [0.2, 0.25) is 0 Å². The van der Waals surface area contributed by atoms with Crippen LogP contribution in [0.5, 0.6) is 0 Å². The molecular formula is C11H14BrN5S. The van der Waals surface area contributed by atoms with Crippen molar-refractivity contribution in [1.82, 2.24) is 9.97 Å². The molecule has 96 valence electrons. The van der Waals surface area contributed by atoms with Crippen LogP contribution in [0.3, 0.4) is 0 Å². The number of rotatable bonds is 5. The molecule has 0 saturated carbocycles. The monoisotopic (exact) mass is 327 g/mol. The van der Waals surface area contributed by atoms with Crippen molar-refractivity contribution in [1.29, 1.82) is 0 Å². The number of nitrogens with zero attached hydrogens (tertiary/aromatic N) is 2. The number of nitrogens with one attached hydrogen (secondary N) is 2. The molecule has 2 aromatic rings. The fraction of sp³-hybridized carbons (Fsp3) is 0.273. The number of thiophene rings is 1. The van der Waals surface area contributed by atoms with Gasteiger partial charge < -0.3 is 5.32 Å². The van der Waals surface area contributed by atoms with E-state index in [0.717, 1.165) is 28.1 Å². The van der Waals surface area contributed by atoms with Crippen LogP contribution < -0.4 is 16.6 Å². The molecule has 0 unspecified atom stereocenters. The Hall–Kier alpha value is -1.18. The van der Waals surface area contributed by atoms with E-state index in [1.807, 2.05) is 6.92 Å². The van der Waals surface area contributed by atoms with Gasteiger partial charge in [-0.15, -0.1) is 11.3 Å². The minimum atomic E-state index is 0.418. The van der Waals surface area contributed by atoms with Crippen LogP contribution in [0, 0.1) is 6.92 Å². The molecule has 0 aliphatic heterocycles. The minimum Gasteiger partial charge on any atom is -0.369 e. The first-order chi connectivity index (χ1) is 8.69. The van der Waals surface area contributed by atoms with Gasteiger partial charge in [0.2, 0.25) is 5.95 Å². The van der Waals surface area contributed by atoms with Gasteiger partial charge >= 0.3 is 0 Å². The third kappa shape index (κ3) is 3.41. The summed E-state index contributed by atoms with van der Waals surface area (Å²) >= 11 is 5.20. The van der Waals surface area contributed by atoms with Gasteiger partial charge in [-0.3, -0.25) is 5.43 Å². The Morgan fingerprint density at radius 1 is 1.44 bits per heavy atom. The van der Waals surface area contributed by atoms with E-state index in [4.69, 9.17) is 5.84 Å². The van der Waals surface area contributed by atoms with Gasteiger partial charge in [-0.25, -0.2) is 10.8 Å². The maximum absolute atomic E-state index is 5.28. The van der Waals surface area contributed by atoms with Gasteiger partial charge in [-0.05, 0) is 41.4 Å². The average Bonchev–Trinajstić information content (AvgIpc) is 2.77. The number of hydrogen-bond acceptors (Lipinski definition) is 6. The number of nitrogens with two attached hydrogens (primary N) is 1. The van der Waals surface area contributed by atoms with Crippen molar-refractivity contribution in [3.8, 4) is 0 Å². The van der Waals surface area contributed by atoms with E-state index >= 15 is 0 Å². The van der Waals surface area contributed by atoms with E-state index in [9.17, 15) is 0 Å². The molecule has 4 N–H and O–H groups in total. The quantitative estimate of drug-likeness (QED) is 0.581. The Morgan fingerprint density at radius 2 is 2.28 bits per heavy atom. The molecule has 0 bridgehead atoms. The lowest BCUT2D eigenvalue weighted by Crippen LogP contribution is -2.13. The van der Waals surface area contributed by atoms with Gasteiger partial charge in [0.15, 0.2) is 0 Å². The molecule has 0 aromatic carbocycles. The topological polar surface area (TPSA) is 75.9 Å². The number of aromatic nitrogens is 2. The second-order valence-electron chi connectivity index (χ2n) is 3.75. The summed E-state index contributed by atoms with van der Waals surface area (Å²) in [4.78, 5) is 9.63. The molecular weight excluding hydrogens is 314 g/mol. The molecule has 0 amide bonds. The van der Waals surface area contributed by atoms with Crippen molar-refractivity contribution in [2.45, 2.75) is 13.3 Å². The molecule has 18 heavy (non-hydrogen) atoms. The molecule has 5 nitrogen and oxygen atoms in total. The largest absolute Gasteiger partial charge is 0.369 e. The van der Waals surface area contributed by atoms with E-state index < -0.39 is 0 Å². The first-order valence-electron chi connectivity index (χ1n) is 5.47. The highest BCUT2D eigenvalue weighted by Gasteiger charge is 2.03. The maximum Gasteiger partial charge on any atom is 0.239 e. The SMILES string of the molecule is Cc1cnc(NN)nc1NCCc1ccc(Br)s1. The molecule has 2 aromatic heterocycles. The Balaban J connectivity index is 1.93. The first-order valence-corrected chi connectivity index (χ1v) is 7.08. The van der Waals surface area contributed by atoms with Crippen molar-refractivity contribution < 1.29 is 0 Å². The Kier molecular flexibility index (Phi) is 4.51. The number of hydrazine groups is 1. The second-order valence-corrected chi connectivity index (χ2v) is 6.30. The Labute approximate surface area is 118 Å². The summed E-state index contributed by atoms with van der Waals surface area (Å²) in [6.45, 7) is 2.79. The summed E-state index contributed by atoms with van der Waals surface area (Å²) < 4.78 is 1.16. The molecule has 0 spiro atoms. The van der Waals surface area contributed by atoms with Gasteiger partial charge in [0, 0.05) is 23.2 Å². The van der Waals surface area contributed by atoms with Crippen molar-refractivity contribution in [2.75, 3.05) is 17.3 Å².